The van der Waals surface area contributed by atoms with E-state index in [1.807, 2.05) is 35.2 Å². The molecule has 0 radical (unpaired) electrons. The highest BCUT2D eigenvalue weighted by atomic mass is 16.5. The summed E-state index contributed by atoms with van der Waals surface area (Å²) in [4.78, 5) is 14.3. The third kappa shape index (κ3) is 3.79. The molecule has 5 heteroatoms. The first-order valence-corrected chi connectivity index (χ1v) is 8.33. The summed E-state index contributed by atoms with van der Waals surface area (Å²) in [6.07, 6.45) is 5.47. The second kappa shape index (κ2) is 7.53. The van der Waals surface area contributed by atoms with Gasteiger partial charge in [-0.25, -0.2) is 0 Å². The molecule has 5 nitrogen and oxygen atoms in total. The number of rotatable bonds is 6. The molecule has 1 atom stereocenters. The minimum Gasteiger partial charge on any atom is -0.494 e. The van der Waals surface area contributed by atoms with Crippen molar-refractivity contribution in [2.75, 3.05) is 26.3 Å². The second-order valence-corrected chi connectivity index (χ2v) is 6.41. The molecule has 0 bridgehead atoms. The number of hydrogen-bond donors (Lipinski definition) is 1. The maximum Gasteiger partial charge on any atom is 0.257 e. The van der Waals surface area contributed by atoms with Crippen molar-refractivity contribution < 1.29 is 19.1 Å². The van der Waals surface area contributed by atoms with Crippen molar-refractivity contribution in [1.29, 1.82) is 0 Å². The highest BCUT2D eigenvalue weighted by Crippen LogP contribution is 2.34. The molecule has 2 aromatic rings. The van der Waals surface area contributed by atoms with Crippen molar-refractivity contribution in [1.82, 2.24) is 4.90 Å². The van der Waals surface area contributed by atoms with E-state index in [4.69, 9.17) is 9.15 Å². The van der Waals surface area contributed by atoms with Gasteiger partial charge >= 0.3 is 0 Å². The number of nitrogens with zero attached hydrogens (tertiary/aromatic N) is 1. The van der Waals surface area contributed by atoms with Crippen molar-refractivity contribution in [3.05, 3.63) is 54.5 Å². The summed E-state index contributed by atoms with van der Waals surface area (Å²) in [5, 5.41) is 9.96. The molecule has 0 spiro atoms. The van der Waals surface area contributed by atoms with Crippen LogP contribution in [-0.2, 0) is 0 Å². The van der Waals surface area contributed by atoms with Gasteiger partial charge in [0.25, 0.3) is 5.91 Å². The fourth-order valence-electron chi connectivity index (χ4n) is 3.26. The monoisotopic (exact) mass is 329 g/mol. The molecule has 128 valence electrons. The predicted octanol–water partition coefficient (Wildman–Crippen LogP) is 2.96. The number of amides is 1. The van der Waals surface area contributed by atoms with Gasteiger partial charge in [-0.1, -0.05) is 18.2 Å². The first-order chi connectivity index (χ1) is 11.7. The summed E-state index contributed by atoms with van der Waals surface area (Å²) < 4.78 is 10.8. The van der Waals surface area contributed by atoms with Crippen LogP contribution in [0.5, 0.6) is 5.75 Å². The first kappa shape index (κ1) is 16.6. The van der Waals surface area contributed by atoms with Crippen molar-refractivity contribution in [3.8, 4) is 5.75 Å². The van der Waals surface area contributed by atoms with E-state index in [9.17, 15) is 9.90 Å². The van der Waals surface area contributed by atoms with Gasteiger partial charge in [-0.05, 0) is 37.5 Å². The molecule has 1 aliphatic rings. The van der Waals surface area contributed by atoms with E-state index in [1.165, 1.54) is 12.5 Å². The summed E-state index contributed by atoms with van der Waals surface area (Å²) in [6, 6.07) is 11.3. The van der Waals surface area contributed by atoms with Crippen LogP contribution < -0.4 is 4.74 Å². The van der Waals surface area contributed by atoms with Gasteiger partial charge in [0, 0.05) is 18.5 Å². The van der Waals surface area contributed by atoms with Crippen LogP contribution in [0.3, 0.4) is 0 Å². The summed E-state index contributed by atoms with van der Waals surface area (Å²) in [6.45, 7) is 1.84. The number of carbonyl (C=O) groups excluding carboxylic acids is 1. The number of piperidine rings is 1. The molecule has 1 aliphatic heterocycles. The van der Waals surface area contributed by atoms with Crippen LogP contribution in [-0.4, -0.2) is 42.2 Å². The summed E-state index contributed by atoms with van der Waals surface area (Å²) in [5.41, 5.74) is 0.260. The number of carbonyl (C=O) groups is 1. The molecule has 0 unspecified atom stereocenters. The van der Waals surface area contributed by atoms with Crippen molar-refractivity contribution in [2.24, 2.45) is 5.41 Å². The Morgan fingerprint density at radius 1 is 1.29 bits per heavy atom. The molecular formula is C19H23NO4. The quantitative estimate of drug-likeness (QED) is 0.885. The number of hydrogen-bond acceptors (Lipinski definition) is 4. The molecule has 0 saturated carbocycles. The lowest BCUT2D eigenvalue weighted by molar-refractivity contribution is 0.0156. The zero-order chi connectivity index (χ0) is 16.8. The van der Waals surface area contributed by atoms with E-state index < -0.39 is 0 Å². The lowest BCUT2D eigenvalue weighted by atomic mass is 9.78. The summed E-state index contributed by atoms with van der Waals surface area (Å²) >= 11 is 0. The van der Waals surface area contributed by atoms with Crippen LogP contribution in [0.1, 0.15) is 29.6 Å². The van der Waals surface area contributed by atoms with Gasteiger partial charge in [0.1, 0.15) is 12.0 Å². The molecule has 24 heavy (non-hydrogen) atoms. The average molecular weight is 329 g/mol. The minimum atomic E-state index is -0.299. The third-order valence-electron chi connectivity index (χ3n) is 4.70. The van der Waals surface area contributed by atoms with E-state index in [2.05, 4.69) is 0 Å². The SMILES string of the molecule is O=C(c1ccoc1)N1CCC[C@@](CO)(CCOc2ccccc2)C1. The fourth-order valence-corrected chi connectivity index (χ4v) is 3.26. The van der Waals surface area contributed by atoms with Gasteiger partial charge in [0.05, 0.1) is 25.0 Å². The van der Waals surface area contributed by atoms with Crippen LogP contribution in [0, 0.1) is 5.41 Å². The summed E-state index contributed by atoms with van der Waals surface area (Å²) in [5.74, 6) is 0.790. The predicted molar refractivity (Wildman–Crippen MR) is 89.9 cm³/mol. The number of ether oxygens (including phenoxy) is 1. The first-order valence-electron chi connectivity index (χ1n) is 8.33. The maximum atomic E-state index is 12.5. The molecule has 3 rings (SSSR count). The zero-order valence-corrected chi connectivity index (χ0v) is 13.7. The van der Waals surface area contributed by atoms with Gasteiger partial charge < -0.3 is 19.2 Å². The fraction of sp³-hybridized carbons (Fsp3) is 0.421. The number of aliphatic hydroxyl groups is 1. The highest BCUT2D eigenvalue weighted by Gasteiger charge is 2.37. The molecule has 1 aromatic carbocycles. The maximum absolute atomic E-state index is 12.5. The molecule has 2 heterocycles. The smallest absolute Gasteiger partial charge is 0.257 e. The van der Waals surface area contributed by atoms with Crippen LogP contribution in [0.2, 0.25) is 0 Å². The normalized spacial score (nSPS) is 20.8. The van der Waals surface area contributed by atoms with E-state index in [1.54, 1.807) is 6.07 Å². The lowest BCUT2D eigenvalue weighted by Gasteiger charge is -2.41. The summed E-state index contributed by atoms with van der Waals surface area (Å²) in [7, 11) is 0. The molecule has 1 fully saturated rings. The molecule has 1 N–H and O–H groups in total. The van der Waals surface area contributed by atoms with Gasteiger partial charge in [0.2, 0.25) is 0 Å². The van der Waals surface area contributed by atoms with Crippen molar-refractivity contribution in [3.63, 3.8) is 0 Å². The Bertz CT molecular complexity index is 641. The minimum absolute atomic E-state index is 0.0368. The standard InChI is InChI=1S/C19H23NO4/c21-15-19(9-12-24-17-5-2-1-3-6-17)8-4-10-20(14-19)18(22)16-7-11-23-13-16/h1-3,5-7,11,13,21H,4,8-10,12,14-15H2/t19-/m1/s1. The van der Waals surface area contributed by atoms with E-state index >= 15 is 0 Å². The second-order valence-electron chi connectivity index (χ2n) is 6.41. The van der Waals surface area contributed by atoms with Crippen LogP contribution >= 0.6 is 0 Å². The van der Waals surface area contributed by atoms with E-state index in [0.29, 0.717) is 31.7 Å². The Morgan fingerprint density at radius 3 is 2.83 bits per heavy atom. The lowest BCUT2D eigenvalue weighted by Crippen LogP contribution is -2.48. The molecule has 1 saturated heterocycles. The van der Waals surface area contributed by atoms with Crippen LogP contribution in [0.25, 0.3) is 0 Å². The van der Waals surface area contributed by atoms with Gasteiger partial charge in [0.15, 0.2) is 0 Å². The number of furan rings is 1. The Hall–Kier alpha value is -2.27. The number of para-hydroxylation sites is 1. The van der Waals surface area contributed by atoms with Crippen LogP contribution in [0.4, 0.5) is 0 Å². The van der Waals surface area contributed by atoms with Gasteiger partial charge in [-0.3, -0.25) is 4.79 Å². The Kier molecular flexibility index (Phi) is 5.20. The number of aliphatic hydroxyl groups excluding tert-OH is 1. The van der Waals surface area contributed by atoms with Gasteiger partial charge in [-0.2, -0.15) is 0 Å². The van der Waals surface area contributed by atoms with Crippen LogP contribution in [0.15, 0.2) is 53.3 Å². The zero-order valence-electron chi connectivity index (χ0n) is 13.7. The van der Waals surface area contributed by atoms with Crippen molar-refractivity contribution in [2.45, 2.75) is 19.3 Å². The Labute approximate surface area is 141 Å². The highest BCUT2D eigenvalue weighted by molar-refractivity contribution is 5.93. The molecular weight excluding hydrogens is 306 g/mol. The average Bonchev–Trinajstić information content (AvgIpc) is 3.17. The van der Waals surface area contributed by atoms with E-state index in [0.717, 1.165) is 18.6 Å². The van der Waals surface area contributed by atoms with Crippen molar-refractivity contribution >= 4 is 5.91 Å². The van der Waals surface area contributed by atoms with E-state index in [-0.39, 0.29) is 17.9 Å². The largest absolute Gasteiger partial charge is 0.494 e. The molecule has 1 aromatic heterocycles. The number of likely N-dealkylation sites (tertiary alicyclic amines) is 1. The Balaban J connectivity index is 1.60. The van der Waals surface area contributed by atoms with Gasteiger partial charge in [-0.15, -0.1) is 0 Å². The third-order valence-corrected chi connectivity index (χ3v) is 4.70. The molecule has 1 amide bonds. The molecule has 0 aliphatic carbocycles. The number of benzene rings is 1. The Morgan fingerprint density at radius 2 is 2.12 bits per heavy atom. The topological polar surface area (TPSA) is 62.9 Å².